The van der Waals surface area contributed by atoms with E-state index in [0.717, 1.165) is 47.2 Å². The van der Waals surface area contributed by atoms with Crippen molar-refractivity contribution in [2.45, 2.75) is 6.42 Å². The van der Waals surface area contributed by atoms with Crippen LogP contribution in [0.15, 0.2) is 27.1 Å². The molecule has 1 amide bonds. The van der Waals surface area contributed by atoms with Crippen molar-refractivity contribution in [3.63, 3.8) is 0 Å². The van der Waals surface area contributed by atoms with Crippen LogP contribution in [0.2, 0.25) is 0 Å². The molecule has 1 aliphatic heterocycles. The first-order valence-electron chi connectivity index (χ1n) is 6.34. The quantitative estimate of drug-likeness (QED) is 0.833. The van der Waals surface area contributed by atoms with E-state index in [1.165, 1.54) is 0 Å². The van der Waals surface area contributed by atoms with E-state index in [1.807, 2.05) is 18.2 Å². The maximum Gasteiger partial charge on any atom is 0.238 e. The molecule has 0 unspecified atom stereocenters. The molecule has 1 saturated heterocycles. The number of rotatable bonds is 3. The van der Waals surface area contributed by atoms with E-state index < -0.39 is 0 Å². The fraction of sp³-hybridized carbons (Fsp3) is 0.462. The highest BCUT2D eigenvalue weighted by Crippen LogP contribution is 2.30. The van der Waals surface area contributed by atoms with Crippen LogP contribution >= 0.6 is 31.9 Å². The largest absolute Gasteiger partial charge is 0.323 e. The summed E-state index contributed by atoms with van der Waals surface area (Å²) in [7, 11) is 0. The summed E-state index contributed by atoms with van der Waals surface area (Å²) in [5, 5.41) is 6.28. The van der Waals surface area contributed by atoms with Crippen LogP contribution < -0.4 is 10.6 Å². The highest BCUT2D eigenvalue weighted by atomic mass is 79.9. The Balaban J connectivity index is 1.93. The molecule has 0 saturated carbocycles. The summed E-state index contributed by atoms with van der Waals surface area (Å²) in [6.07, 6.45) is 1.09. The van der Waals surface area contributed by atoms with Crippen LogP contribution in [0.1, 0.15) is 6.42 Å². The van der Waals surface area contributed by atoms with E-state index in [4.69, 9.17) is 0 Å². The van der Waals surface area contributed by atoms with E-state index in [9.17, 15) is 4.79 Å². The van der Waals surface area contributed by atoms with Crippen LogP contribution in [0, 0.1) is 0 Å². The number of para-hydroxylation sites is 1. The van der Waals surface area contributed by atoms with Gasteiger partial charge in [-0.25, -0.2) is 0 Å². The smallest absolute Gasteiger partial charge is 0.238 e. The number of benzene rings is 1. The molecule has 0 atom stereocenters. The molecule has 4 nitrogen and oxygen atoms in total. The van der Waals surface area contributed by atoms with Crippen molar-refractivity contribution in [1.29, 1.82) is 0 Å². The van der Waals surface area contributed by atoms with Crippen molar-refractivity contribution in [2.24, 2.45) is 0 Å². The van der Waals surface area contributed by atoms with Crippen LogP contribution in [0.3, 0.4) is 0 Å². The molecular formula is C13H17Br2N3O. The Kier molecular flexibility index (Phi) is 5.81. The Bertz CT molecular complexity index is 425. The molecule has 2 N–H and O–H groups in total. The van der Waals surface area contributed by atoms with Gasteiger partial charge in [-0.15, -0.1) is 0 Å². The average molecular weight is 391 g/mol. The second kappa shape index (κ2) is 7.38. The maximum absolute atomic E-state index is 12.1. The predicted octanol–water partition coefficient (Wildman–Crippen LogP) is 2.45. The number of nitrogens with one attached hydrogen (secondary N) is 2. The number of anilines is 1. The molecule has 0 aliphatic carbocycles. The third kappa shape index (κ3) is 4.56. The van der Waals surface area contributed by atoms with Gasteiger partial charge in [0.15, 0.2) is 0 Å². The van der Waals surface area contributed by atoms with Crippen LogP contribution in [-0.4, -0.2) is 43.5 Å². The van der Waals surface area contributed by atoms with Gasteiger partial charge in [-0.2, -0.15) is 0 Å². The molecule has 0 spiro atoms. The second-order valence-corrected chi connectivity index (χ2v) is 6.23. The number of carbonyl (C=O) groups excluding carboxylic acids is 1. The lowest BCUT2D eigenvalue weighted by atomic mass is 10.3. The normalized spacial score (nSPS) is 16.9. The molecule has 0 bridgehead atoms. The van der Waals surface area contributed by atoms with Gasteiger partial charge in [0.2, 0.25) is 5.91 Å². The average Bonchev–Trinajstić information content (AvgIpc) is 2.63. The lowest BCUT2D eigenvalue weighted by Crippen LogP contribution is -2.35. The molecular weight excluding hydrogens is 374 g/mol. The third-order valence-corrected chi connectivity index (χ3v) is 4.35. The molecule has 1 fully saturated rings. The van der Waals surface area contributed by atoms with Gasteiger partial charge < -0.3 is 10.6 Å². The first kappa shape index (κ1) is 15.0. The van der Waals surface area contributed by atoms with Gasteiger partial charge >= 0.3 is 0 Å². The molecule has 19 heavy (non-hydrogen) atoms. The number of carbonyl (C=O) groups is 1. The fourth-order valence-corrected chi connectivity index (χ4v) is 3.26. The van der Waals surface area contributed by atoms with Gasteiger partial charge in [0.1, 0.15) is 0 Å². The van der Waals surface area contributed by atoms with Crippen molar-refractivity contribution < 1.29 is 4.79 Å². The highest BCUT2D eigenvalue weighted by molar-refractivity contribution is 9.11. The van der Waals surface area contributed by atoms with Crippen molar-refractivity contribution in [3.8, 4) is 0 Å². The third-order valence-electron chi connectivity index (χ3n) is 3.03. The Morgan fingerprint density at radius 1 is 1.26 bits per heavy atom. The Morgan fingerprint density at radius 2 is 2.00 bits per heavy atom. The van der Waals surface area contributed by atoms with Crippen LogP contribution in [-0.2, 0) is 4.79 Å². The van der Waals surface area contributed by atoms with Crippen molar-refractivity contribution >= 4 is 43.5 Å². The Labute approximate surface area is 130 Å². The fourth-order valence-electron chi connectivity index (χ4n) is 2.06. The minimum atomic E-state index is 0.0227. The highest BCUT2D eigenvalue weighted by Gasteiger charge is 2.14. The molecule has 0 aromatic heterocycles. The van der Waals surface area contributed by atoms with Crippen molar-refractivity contribution in [2.75, 3.05) is 38.0 Å². The molecule has 1 aromatic rings. The summed E-state index contributed by atoms with van der Waals surface area (Å²) in [6.45, 7) is 4.32. The minimum Gasteiger partial charge on any atom is -0.323 e. The Hall–Kier alpha value is -0.430. The maximum atomic E-state index is 12.1. The predicted molar refractivity (Wildman–Crippen MR) is 84.4 cm³/mol. The first-order valence-corrected chi connectivity index (χ1v) is 7.92. The summed E-state index contributed by atoms with van der Waals surface area (Å²) < 4.78 is 1.76. The SMILES string of the molecule is O=C(CN1CCCNCC1)Nc1c(Br)cccc1Br. The first-order chi connectivity index (χ1) is 9.16. The number of halogens is 2. The molecule has 104 valence electrons. The second-order valence-electron chi connectivity index (χ2n) is 4.52. The topological polar surface area (TPSA) is 44.4 Å². The summed E-state index contributed by atoms with van der Waals surface area (Å²) in [6, 6.07) is 5.75. The number of nitrogens with zero attached hydrogens (tertiary/aromatic N) is 1. The molecule has 1 heterocycles. The number of hydrogen-bond acceptors (Lipinski definition) is 3. The number of amides is 1. The molecule has 6 heteroatoms. The van der Waals surface area contributed by atoms with E-state index in [1.54, 1.807) is 0 Å². The lowest BCUT2D eigenvalue weighted by Gasteiger charge is -2.19. The standard InChI is InChI=1S/C13H17Br2N3O/c14-10-3-1-4-11(15)13(10)17-12(19)9-18-7-2-5-16-6-8-18/h1,3-4,16H,2,5-9H2,(H,17,19). The molecule has 1 aromatic carbocycles. The van der Waals surface area contributed by atoms with Gasteiger partial charge in [0.05, 0.1) is 12.2 Å². The van der Waals surface area contributed by atoms with E-state index in [-0.39, 0.29) is 5.91 Å². The van der Waals surface area contributed by atoms with Gasteiger partial charge in [-0.05, 0) is 63.5 Å². The zero-order chi connectivity index (χ0) is 13.7. The van der Waals surface area contributed by atoms with E-state index >= 15 is 0 Å². The van der Waals surface area contributed by atoms with Gasteiger partial charge in [0, 0.05) is 22.0 Å². The van der Waals surface area contributed by atoms with Gasteiger partial charge in [-0.3, -0.25) is 9.69 Å². The van der Waals surface area contributed by atoms with Crippen LogP contribution in [0.25, 0.3) is 0 Å². The zero-order valence-corrected chi connectivity index (χ0v) is 13.8. The monoisotopic (exact) mass is 389 g/mol. The van der Waals surface area contributed by atoms with Gasteiger partial charge in [0.25, 0.3) is 0 Å². The summed E-state index contributed by atoms with van der Waals surface area (Å²) in [5.41, 5.74) is 0.792. The number of hydrogen-bond donors (Lipinski definition) is 2. The summed E-state index contributed by atoms with van der Waals surface area (Å²) >= 11 is 6.89. The molecule has 0 radical (unpaired) electrons. The van der Waals surface area contributed by atoms with Crippen LogP contribution in [0.4, 0.5) is 5.69 Å². The van der Waals surface area contributed by atoms with E-state index in [0.29, 0.717) is 6.54 Å². The Morgan fingerprint density at radius 3 is 2.74 bits per heavy atom. The summed E-state index contributed by atoms with van der Waals surface area (Å²) in [4.78, 5) is 14.3. The lowest BCUT2D eigenvalue weighted by molar-refractivity contribution is -0.117. The van der Waals surface area contributed by atoms with Crippen LogP contribution in [0.5, 0.6) is 0 Å². The van der Waals surface area contributed by atoms with E-state index in [2.05, 4.69) is 47.4 Å². The summed E-state index contributed by atoms with van der Waals surface area (Å²) in [5.74, 6) is 0.0227. The zero-order valence-electron chi connectivity index (χ0n) is 10.6. The van der Waals surface area contributed by atoms with Crippen molar-refractivity contribution in [3.05, 3.63) is 27.1 Å². The minimum absolute atomic E-state index is 0.0227. The van der Waals surface area contributed by atoms with Crippen molar-refractivity contribution in [1.82, 2.24) is 10.2 Å². The molecule has 1 aliphatic rings. The van der Waals surface area contributed by atoms with Gasteiger partial charge in [-0.1, -0.05) is 6.07 Å². The molecule has 2 rings (SSSR count).